The smallest absolute Gasteiger partial charge is 0.387 e. The van der Waals surface area contributed by atoms with Crippen LogP contribution in [-0.2, 0) is 6.61 Å². The molecule has 0 fully saturated rings. The fourth-order valence-corrected chi connectivity index (χ4v) is 2.59. The molecule has 0 aliphatic rings. The second-order valence-electron chi connectivity index (χ2n) is 5.90. The van der Waals surface area contributed by atoms with Gasteiger partial charge in [0.2, 0.25) is 0 Å². The first-order valence-corrected chi connectivity index (χ1v) is 8.82. The summed E-state index contributed by atoms with van der Waals surface area (Å²) in [5.41, 5.74) is -0.413. The van der Waals surface area contributed by atoms with Gasteiger partial charge >= 0.3 is 6.61 Å². The summed E-state index contributed by atoms with van der Waals surface area (Å²) in [6, 6.07) is 9.07. The average Bonchev–Trinajstić information content (AvgIpc) is 3.18. The lowest BCUT2D eigenvalue weighted by Crippen LogP contribution is -2.13. The Morgan fingerprint density at radius 1 is 1.16 bits per heavy atom. The number of anilines is 1. The van der Waals surface area contributed by atoms with E-state index in [1.165, 1.54) is 24.3 Å². The molecule has 0 aliphatic carbocycles. The number of furan rings is 1. The van der Waals surface area contributed by atoms with E-state index in [9.17, 15) is 28.1 Å². The van der Waals surface area contributed by atoms with E-state index in [2.05, 4.69) is 10.1 Å². The molecule has 0 atom stereocenters. The van der Waals surface area contributed by atoms with E-state index in [4.69, 9.17) is 20.8 Å². The molecule has 0 bridgehead atoms. The van der Waals surface area contributed by atoms with Crippen molar-refractivity contribution in [2.24, 2.45) is 0 Å². The van der Waals surface area contributed by atoms with Crippen molar-refractivity contribution in [3.05, 3.63) is 81.0 Å². The number of non-ortho nitro benzene ring substituents is 1. The largest absolute Gasteiger partial charge is 0.484 e. The van der Waals surface area contributed by atoms with Crippen LogP contribution in [0.3, 0.4) is 0 Å². The van der Waals surface area contributed by atoms with E-state index in [-0.39, 0.29) is 40.3 Å². The molecule has 0 spiro atoms. The first-order valence-electron chi connectivity index (χ1n) is 8.44. The van der Waals surface area contributed by atoms with Gasteiger partial charge in [-0.05, 0) is 30.3 Å². The van der Waals surface area contributed by atoms with Gasteiger partial charge < -0.3 is 19.2 Å². The molecule has 0 radical (unpaired) electrons. The zero-order valence-electron chi connectivity index (χ0n) is 15.3. The van der Waals surface area contributed by atoms with Crippen molar-refractivity contribution in [3.8, 4) is 11.5 Å². The molecule has 1 amide bonds. The van der Waals surface area contributed by atoms with Gasteiger partial charge in [0.15, 0.2) is 11.5 Å². The van der Waals surface area contributed by atoms with Gasteiger partial charge in [0.1, 0.15) is 23.9 Å². The van der Waals surface area contributed by atoms with Crippen LogP contribution in [0.15, 0.2) is 52.9 Å². The van der Waals surface area contributed by atoms with Crippen molar-refractivity contribution >= 4 is 28.9 Å². The molecule has 1 heterocycles. The van der Waals surface area contributed by atoms with Crippen LogP contribution in [0.25, 0.3) is 0 Å². The zero-order valence-corrected chi connectivity index (χ0v) is 16.1. The van der Waals surface area contributed by atoms with Crippen molar-refractivity contribution in [1.29, 1.82) is 0 Å². The lowest BCUT2D eigenvalue weighted by molar-refractivity contribution is -0.384. The summed E-state index contributed by atoms with van der Waals surface area (Å²) in [7, 11) is 0. The van der Waals surface area contributed by atoms with Crippen LogP contribution in [0.4, 0.5) is 24.5 Å². The van der Waals surface area contributed by atoms with Gasteiger partial charge in [-0.1, -0.05) is 11.6 Å². The van der Waals surface area contributed by atoms with E-state index in [0.717, 1.165) is 18.2 Å². The van der Waals surface area contributed by atoms with Gasteiger partial charge in [-0.15, -0.1) is 0 Å². The second-order valence-corrected chi connectivity index (χ2v) is 6.31. The van der Waals surface area contributed by atoms with Gasteiger partial charge in [0.25, 0.3) is 11.6 Å². The summed E-state index contributed by atoms with van der Waals surface area (Å²) in [6.45, 7) is -3.42. The van der Waals surface area contributed by atoms with Gasteiger partial charge in [-0.25, -0.2) is 4.39 Å². The van der Waals surface area contributed by atoms with E-state index in [1.54, 1.807) is 0 Å². The number of ether oxygens (including phenoxy) is 2. The number of halogens is 4. The van der Waals surface area contributed by atoms with E-state index in [0.29, 0.717) is 6.07 Å². The number of rotatable bonds is 8. The molecule has 12 heteroatoms. The van der Waals surface area contributed by atoms with E-state index in [1.807, 2.05) is 0 Å². The number of amides is 1. The Labute approximate surface area is 177 Å². The first kappa shape index (κ1) is 22.0. The maximum Gasteiger partial charge on any atom is 0.387 e. The highest BCUT2D eigenvalue weighted by molar-refractivity contribution is 6.32. The number of hydrogen-bond donors (Lipinski definition) is 1. The van der Waals surface area contributed by atoms with Crippen molar-refractivity contribution in [2.75, 3.05) is 5.32 Å². The molecule has 8 nitrogen and oxygen atoms in total. The minimum Gasteiger partial charge on any atom is -0.484 e. The van der Waals surface area contributed by atoms with Crippen LogP contribution < -0.4 is 14.8 Å². The van der Waals surface area contributed by atoms with Gasteiger partial charge in [-0.3, -0.25) is 14.9 Å². The highest BCUT2D eigenvalue weighted by atomic mass is 35.5. The van der Waals surface area contributed by atoms with Gasteiger partial charge in [-0.2, -0.15) is 8.78 Å². The average molecular weight is 457 g/mol. The summed E-state index contributed by atoms with van der Waals surface area (Å²) in [5.74, 6) is -2.18. The predicted molar refractivity (Wildman–Crippen MR) is 102 cm³/mol. The number of benzene rings is 2. The summed E-state index contributed by atoms with van der Waals surface area (Å²) >= 11 is 5.94. The van der Waals surface area contributed by atoms with Crippen molar-refractivity contribution in [2.45, 2.75) is 13.2 Å². The molecule has 0 saturated carbocycles. The minimum absolute atomic E-state index is 0.0402. The number of nitro benzene ring substituents is 1. The molecule has 3 aromatic rings. The normalized spacial score (nSPS) is 10.7. The lowest BCUT2D eigenvalue weighted by Gasteiger charge is -2.11. The first-order chi connectivity index (χ1) is 14.7. The van der Waals surface area contributed by atoms with Crippen LogP contribution in [-0.4, -0.2) is 17.4 Å². The van der Waals surface area contributed by atoms with Gasteiger partial charge in [0, 0.05) is 12.1 Å². The van der Waals surface area contributed by atoms with E-state index < -0.39 is 29.0 Å². The predicted octanol–water partition coefficient (Wildman–Crippen LogP) is 5.41. The molecule has 31 heavy (non-hydrogen) atoms. The highest BCUT2D eigenvalue weighted by Crippen LogP contribution is 2.30. The molecule has 0 saturated heterocycles. The summed E-state index contributed by atoms with van der Waals surface area (Å²) in [5, 5.41) is 13.3. The molecular formula is C19H12ClF3N2O6. The number of carbonyl (C=O) groups excluding carboxylic acids is 1. The number of nitrogens with zero attached hydrogens (tertiary/aromatic N) is 1. The van der Waals surface area contributed by atoms with Crippen LogP contribution >= 0.6 is 11.6 Å². The Hall–Kier alpha value is -3.73. The van der Waals surface area contributed by atoms with E-state index >= 15 is 0 Å². The van der Waals surface area contributed by atoms with Gasteiger partial charge in [0.05, 0.1) is 21.7 Å². The fraction of sp³-hybridized carbons (Fsp3) is 0.105. The minimum atomic E-state index is -3.22. The highest BCUT2D eigenvalue weighted by Gasteiger charge is 2.17. The van der Waals surface area contributed by atoms with Crippen LogP contribution in [0.5, 0.6) is 11.5 Å². The molecule has 0 unspecified atom stereocenters. The third-order valence-electron chi connectivity index (χ3n) is 3.79. The number of alkyl halides is 2. The number of nitrogens with one attached hydrogen (secondary N) is 1. The molecule has 1 N–H and O–H groups in total. The second kappa shape index (κ2) is 9.39. The molecule has 2 aromatic carbocycles. The number of carbonyl (C=O) groups is 1. The van der Waals surface area contributed by atoms with Crippen LogP contribution in [0, 0.1) is 15.9 Å². The van der Waals surface area contributed by atoms with Crippen molar-refractivity contribution in [1.82, 2.24) is 0 Å². The third kappa shape index (κ3) is 5.66. The standard InChI is InChI=1S/C19H12ClF3N2O6/c20-13-4-2-11(25(27)28)8-16(13)29-9-12-3-6-15(30-12)18(26)24-14-5-1-10(21)7-17(14)31-19(22)23/h1-8,19H,9H2,(H,24,26). The monoisotopic (exact) mass is 456 g/mol. The lowest BCUT2D eigenvalue weighted by atomic mass is 10.2. The van der Waals surface area contributed by atoms with Crippen molar-refractivity contribution < 1.29 is 36.8 Å². The Morgan fingerprint density at radius 3 is 2.65 bits per heavy atom. The maximum atomic E-state index is 13.3. The molecule has 1 aromatic heterocycles. The summed E-state index contributed by atoms with van der Waals surface area (Å²) in [6.07, 6.45) is 0. The maximum absolute atomic E-state index is 13.3. The summed E-state index contributed by atoms with van der Waals surface area (Å²) < 4.78 is 53.1. The van der Waals surface area contributed by atoms with Crippen LogP contribution in [0.2, 0.25) is 5.02 Å². The fourth-order valence-electron chi connectivity index (χ4n) is 2.42. The Balaban J connectivity index is 1.68. The van der Waals surface area contributed by atoms with Crippen LogP contribution in [0.1, 0.15) is 16.3 Å². The Bertz CT molecular complexity index is 1120. The number of hydrogen-bond acceptors (Lipinski definition) is 6. The summed E-state index contributed by atoms with van der Waals surface area (Å²) in [4.78, 5) is 22.5. The SMILES string of the molecule is O=C(Nc1ccc(F)cc1OC(F)F)c1ccc(COc2cc([N+](=O)[O-])ccc2Cl)o1. The van der Waals surface area contributed by atoms with Crippen molar-refractivity contribution in [3.63, 3.8) is 0 Å². The molecule has 3 rings (SSSR count). The topological polar surface area (TPSA) is 104 Å². The Kier molecular flexibility index (Phi) is 6.65. The molecular weight excluding hydrogens is 445 g/mol. The zero-order chi connectivity index (χ0) is 22.5. The Morgan fingerprint density at radius 2 is 1.94 bits per heavy atom. The molecule has 162 valence electrons. The quantitative estimate of drug-likeness (QED) is 0.359. The molecule has 0 aliphatic heterocycles. The number of nitro groups is 1. The third-order valence-corrected chi connectivity index (χ3v) is 4.10.